The van der Waals surface area contributed by atoms with Crippen molar-refractivity contribution in [1.82, 2.24) is 0 Å². The minimum Gasteiger partial charge on any atom is -0.481 e. The molecule has 1 aliphatic rings. The lowest BCUT2D eigenvalue weighted by molar-refractivity contribution is -0.138. The molecule has 1 rings (SSSR count). The van der Waals surface area contributed by atoms with Crippen LogP contribution in [0.15, 0.2) is 0 Å². The molecule has 86 valence electrons. The normalized spacial score (nSPS) is 19.5. The highest BCUT2D eigenvalue weighted by atomic mass is 32.2. The lowest BCUT2D eigenvalue weighted by Crippen LogP contribution is -2.21. The molecule has 5 nitrogen and oxygen atoms in total. The molecule has 1 fully saturated rings. The van der Waals surface area contributed by atoms with E-state index in [0.717, 1.165) is 12.8 Å². The molecule has 0 heterocycles. The number of primary amides is 1. The number of carbonyl (C=O) groups is 2. The Balaban J connectivity index is 2.31. The van der Waals surface area contributed by atoms with Crippen LogP contribution < -0.4 is 5.73 Å². The van der Waals surface area contributed by atoms with Crippen LogP contribution in [-0.4, -0.2) is 32.7 Å². The Hall–Kier alpha value is -0.910. The van der Waals surface area contributed by atoms with E-state index in [1.165, 1.54) is 0 Å². The molecule has 0 aromatic carbocycles. The minimum atomic E-state index is -1.13. The molecule has 0 spiro atoms. The molecule has 0 bridgehead atoms. The van der Waals surface area contributed by atoms with Gasteiger partial charge >= 0.3 is 5.97 Å². The van der Waals surface area contributed by atoms with Gasteiger partial charge in [-0.15, -0.1) is 0 Å². The molecule has 0 aromatic rings. The number of amides is 1. The van der Waals surface area contributed by atoms with Crippen LogP contribution in [0, 0.1) is 5.41 Å². The summed E-state index contributed by atoms with van der Waals surface area (Å²) < 4.78 is 11.5. The first kappa shape index (κ1) is 12.2. The van der Waals surface area contributed by atoms with E-state index in [-0.39, 0.29) is 24.0 Å². The first-order chi connectivity index (χ1) is 6.93. The fourth-order valence-corrected chi connectivity index (χ4v) is 3.14. The highest BCUT2D eigenvalue weighted by Gasteiger charge is 2.45. The third-order valence-electron chi connectivity index (χ3n) is 2.53. The molecular formula is C9H15NO4S. The summed E-state index contributed by atoms with van der Waals surface area (Å²) in [5, 5.41) is 8.65. The Labute approximate surface area is 90.5 Å². The van der Waals surface area contributed by atoms with E-state index in [2.05, 4.69) is 0 Å². The van der Waals surface area contributed by atoms with Crippen LogP contribution in [0.3, 0.4) is 0 Å². The lowest BCUT2D eigenvalue weighted by Gasteiger charge is -2.11. The zero-order chi connectivity index (χ0) is 11.5. The number of carbonyl (C=O) groups excluding carboxylic acids is 1. The number of nitrogens with two attached hydrogens (primary N) is 1. The van der Waals surface area contributed by atoms with Gasteiger partial charge in [0.1, 0.15) is 0 Å². The SMILES string of the molecule is NC(=O)CCS(=O)CC1(CC(=O)O)CC1. The number of hydrogen-bond acceptors (Lipinski definition) is 3. The molecule has 0 aliphatic heterocycles. The van der Waals surface area contributed by atoms with Crippen LogP contribution in [0.1, 0.15) is 25.7 Å². The maximum atomic E-state index is 11.5. The third-order valence-corrected chi connectivity index (χ3v) is 4.12. The van der Waals surface area contributed by atoms with Gasteiger partial charge < -0.3 is 10.8 Å². The molecule has 15 heavy (non-hydrogen) atoms. The summed E-state index contributed by atoms with van der Waals surface area (Å²) in [6.07, 6.45) is 1.83. The van der Waals surface area contributed by atoms with Crippen molar-refractivity contribution in [2.45, 2.75) is 25.7 Å². The maximum Gasteiger partial charge on any atom is 0.303 e. The smallest absolute Gasteiger partial charge is 0.303 e. The van der Waals surface area contributed by atoms with Crippen molar-refractivity contribution in [2.75, 3.05) is 11.5 Å². The van der Waals surface area contributed by atoms with E-state index in [4.69, 9.17) is 10.8 Å². The van der Waals surface area contributed by atoms with Crippen molar-refractivity contribution in [3.05, 3.63) is 0 Å². The Bertz CT molecular complexity index is 298. The largest absolute Gasteiger partial charge is 0.481 e. The third kappa shape index (κ3) is 4.42. The van der Waals surface area contributed by atoms with E-state index in [1.54, 1.807) is 0 Å². The number of carboxylic acid groups (broad SMARTS) is 1. The molecule has 3 N–H and O–H groups in total. The molecule has 6 heteroatoms. The molecule has 1 atom stereocenters. The number of carboxylic acids is 1. The predicted octanol–water partition coefficient (Wildman–Crippen LogP) is -0.135. The van der Waals surface area contributed by atoms with Crippen LogP contribution >= 0.6 is 0 Å². The van der Waals surface area contributed by atoms with E-state index in [1.807, 2.05) is 0 Å². The first-order valence-corrected chi connectivity index (χ1v) is 6.27. The van der Waals surface area contributed by atoms with E-state index in [0.29, 0.717) is 5.75 Å². The van der Waals surface area contributed by atoms with Crippen molar-refractivity contribution in [2.24, 2.45) is 11.1 Å². The molecule has 0 radical (unpaired) electrons. The van der Waals surface area contributed by atoms with Gasteiger partial charge in [-0.1, -0.05) is 0 Å². The van der Waals surface area contributed by atoms with Gasteiger partial charge in [-0.3, -0.25) is 13.8 Å². The van der Waals surface area contributed by atoms with Crippen LogP contribution in [0.2, 0.25) is 0 Å². The molecule has 0 saturated heterocycles. The van der Waals surface area contributed by atoms with Gasteiger partial charge in [-0.05, 0) is 18.3 Å². The fraction of sp³-hybridized carbons (Fsp3) is 0.778. The summed E-state index contributed by atoms with van der Waals surface area (Å²) in [7, 11) is -1.13. The van der Waals surface area contributed by atoms with E-state index in [9.17, 15) is 13.8 Å². The first-order valence-electron chi connectivity index (χ1n) is 4.79. The second kappa shape index (κ2) is 4.74. The minimum absolute atomic E-state index is 0.0787. The van der Waals surface area contributed by atoms with Crippen LogP contribution in [-0.2, 0) is 20.4 Å². The van der Waals surface area contributed by atoms with E-state index < -0.39 is 22.7 Å². The lowest BCUT2D eigenvalue weighted by atomic mass is 10.1. The standard InChI is InChI=1S/C9H15NO4S/c10-7(11)1-4-15(14)6-9(2-3-9)5-8(12)13/h1-6H2,(H2,10,11)(H,12,13). The summed E-state index contributed by atoms with van der Waals surface area (Å²) in [6.45, 7) is 0. The second-order valence-electron chi connectivity index (χ2n) is 4.08. The zero-order valence-electron chi connectivity index (χ0n) is 8.40. The van der Waals surface area contributed by atoms with Crippen molar-refractivity contribution < 1.29 is 18.9 Å². The molecule has 1 amide bonds. The van der Waals surface area contributed by atoms with Crippen LogP contribution in [0.5, 0.6) is 0 Å². The maximum absolute atomic E-state index is 11.5. The van der Waals surface area contributed by atoms with Gasteiger partial charge in [0.25, 0.3) is 0 Å². The molecular weight excluding hydrogens is 218 g/mol. The van der Waals surface area contributed by atoms with Crippen molar-refractivity contribution in [3.8, 4) is 0 Å². The Kier molecular flexibility index (Phi) is 3.84. The number of aliphatic carboxylic acids is 1. The molecule has 1 unspecified atom stereocenters. The summed E-state index contributed by atoms with van der Waals surface area (Å²) in [4.78, 5) is 21.0. The van der Waals surface area contributed by atoms with Gasteiger partial charge in [-0.25, -0.2) is 0 Å². The van der Waals surface area contributed by atoms with Gasteiger partial charge in [-0.2, -0.15) is 0 Å². The van der Waals surface area contributed by atoms with Crippen molar-refractivity contribution in [1.29, 1.82) is 0 Å². The van der Waals surface area contributed by atoms with Crippen LogP contribution in [0.25, 0.3) is 0 Å². The molecule has 1 saturated carbocycles. The highest BCUT2D eigenvalue weighted by Crippen LogP contribution is 2.49. The molecule has 1 aliphatic carbocycles. The van der Waals surface area contributed by atoms with Gasteiger partial charge in [0, 0.05) is 28.7 Å². The van der Waals surface area contributed by atoms with Gasteiger partial charge in [0.2, 0.25) is 5.91 Å². The number of rotatable bonds is 7. The monoisotopic (exact) mass is 233 g/mol. The quantitative estimate of drug-likeness (QED) is 0.639. The second-order valence-corrected chi connectivity index (χ2v) is 5.65. The summed E-state index contributed by atoms with van der Waals surface area (Å²) in [5.74, 6) is -0.686. The zero-order valence-corrected chi connectivity index (χ0v) is 9.22. The number of hydrogen-bond donors (Lipinski definition) is 2. The van der Waals surface area contributed by atoms with Crippen molar-refractivity contribution in [3.63, 3.8) is 0 Å². The Morgan fingerprint density at radius 2 is 2.00 bits per heavy atom. The average Bonchev–Trinajstić information content (AvgIpc) is 2.80. The van der Waals surface area contributed by atoms with Crippen molar-refractivity contribution >= 4 is 22.7 Å². The van der Waals surface area contributed by atoms with Gasteiger partial charge in [0.05, 0.1) is 6.42 Å². The summed E-state index contributed by atoms with van der Waals surface area (Å²) in [6, 6.07) is 0. The summed E-state index contributed by atoms with van der Waals surface area (Å²) >= 11 is 0. The topological polar surface area (TPSA) is 97.5 Å². The Morgan fingerprint density at radius 3 is 2.40 bits per heavy atom. The average molecular weight is 233 g/mol. The van der Waals surface area contributed by atoms with Crippen LogP contribution in [0.4, 0.5) is 0 Å². The fourth-order valence-electron chi connectivity index (χ4n) is 1.50. The Morgan fingerprint density at radius 1 is 1.40 bits per heavy atom. The summed E-state index contributed by atoms with van der Waals surface area (Å²) in [5.41, 5.74) is 4.66. The highest BCUT2D eigenvalue weighted by molar-refractivity contribution is 7.85. The van der Waals surface area contributed by atoms with E-state index >= 15 is 0 Å². The van der Waals surface area contributed by atoms with Gasteiger partial charge in [0.15, 0.2) is 0 Å². The molecule has 0 aromatic heterocycles. The predicted molar refractivity (Wildman–Crippen MR) is 55.6 cm³/mol.